The minimum absolute atomic E-state index is 0.236. The summed E-state index contributed by atoms with van der Waals surface area (Å²) < 4.78 is 27.6. The van der Waals surface area contributed by atoms with Crippen LogP contribution in [-0.2, 0) is 0 Å². The number of nitrogens with one attached hydrogen (secondary N) is 3. The second kappa shape index (κ2) is 9.34. The first-order chi connectivity index (χ1) is 17.5. The molecule has 0 unspecified atom stereocenters. The molecule has 5 heterocycles. The number of anilines is 3. The molecule has 0 bridgehead atoms. The topological polar surface area (TPSA) is 101 Å². The maximum Gasteiger partial charge on any atom is 0.214 e. The average Bonchev–Trinajstić information content (AvgIpc) is 3.73. The highest BCUT2D eigenvalue weighted by Gasteiger charge is 2.29. The van der Waals surface area contributed by atoms with Gasteiger partial charge in [0.05, 0.1) is 11.7 Å². The average molecular weight is 489 g/mol. The van der Waals surface area contributed by atoms with Gasteiger partial charge in [0, 0.05) is 29.4 Å². The fourth-order valence-corrected chi connectivity index (χ4v) is 4.72. The number of hydrogen-bond donors (Lipinski definition) is 3. The summed E-state index contributed by atoms with van der Waals surface area (Å²) in [6.07, 6.45) is 8.58. The highest BCUT2D eigenvalue weighted by Crippen LogP contribution is 2.44. The zero-order valence-corrected chi connectivity index (χ0v) is 19.8. The third-order valence-corrected chi connectivity index (χ3v) is 6.84. The van der Waals surface area contributed by atoms with Gasteiger partial charge in [-0.1, -0.05) is 6.92 Å². The molecule has 0 aromatic carbocycles. The Kier molecular flexibility index (Phi) is 5.88. The Labute approximate surface area is 207 Å². The molecule has 4 aromatic rings. The standard InChI is InChI=1S/C26H26F2N8/c1-14-11-29-8-7-19(14)32-26-23-17(15-2-3-15)12-30-13-20(23)33-24(36-26)16-6-9-31-22(10-16)35-25-18(27)4-5-21(28)34-25/h4-6,9-10,12-15,19,29H,2-3,7-8,11H2,1H3,(H,31,34,35)(H,32,33,36)/t14-,19+/m1/s1. The van der Waals surface area contributed by atoms with Crippen LogP contribution in [0, 0.1) is 17.7 Å². The van der Waals surface area contributed by atoms with Crippen molar-refractivity contribution < 1.29 is 8.78 Å². The first-order valence-corrected chi connectivity index (χ1v) is 12.2. The molecular weight excluding hydrogens is 462 g/mol. The molecule has 8 nitrogen and oxygen atoms in total. The van der Waals surface area contributed by atoms with Gasteiger partial charge in [0.25, 0.3) is 0 Å². The van der Waals surface area contributed by atoms with Gasteiger partial charge in [0.15, 0.2) is 17.5 Å². The SMILES string of the molecule is C[C@@H]1CNCC[C@@H]1Nc1nc(-c2ccnc(Nc3nc(F)ccc3F)c2)nc2cncc(C3CC3)c12. The lowest BCUT2D eigenvalue weighted by Crippen LogP contribution is -2.42. The molecule has 1 saturated carbocycles. The summed E-state index contributed by atoms with van der Waals surface area (Å²) >= 11 is 0. The van der Waals surface area contributed by atoms with Crippen LogP contribution in [0.5, 0.6) is 0 Å². The zero-order valence-electron chi connectivity index (χ0n) is 19.8. The summed E-state index contributed by atoms with van der Waals surface area (Å²) in [5.74, 6) is 0.859. The van der Waals surface area contributed by atoms with Gasteiger partial charge in [-0.25, -0.2) is 19.3 Å². The Balaban J connectivity index is 1.41. The summed E-state index contributed by atoms with van der Waals surface area (Å²) in [7, 11) is 0. The first kappa shape index (κ1) is 22.7. The highest BCUT2D eigenvalue weighted by molar-refractivity contribution is 5.93. The summed E-state index contributed by atoms with van der Waals surface area (Å²) in [6.45, 7) is 4.14. The molecule has 2 aliphatic rings. The van der Waals surface area contributed by atoms with Crippen molar-refractivity contribution in [3.63, 3.8) is 0 Å². The lowest BCUT2D eigenvalue weighted by molar-refractivity contribution is 0.368. The maximum atomic E-state index is 14.1. The molecule has 1 aliphatic heterocycles. The van der Waals surface area contributed by atoms with Crippen molar-refractivity contribution in [2.24, 2.45) is 5.92 Å². The molecule has 36 heavy (non-hydrogen) atoms. The minimum atomic E-state index is -0.783. The van der Waals surface area contributed by atoms with Crippen LogP contribution < -0.4 is 16.0 Å². The Hall–Kier alpha value is -3.79. The van der Waals surface area contributed by atoms with Gasteiger partial charge in [0.1, 0.15) is 11.6 Å². The van der Waals surface area contributed by atoms with Crippen molar-refractivity contribution in [2.75, 3.05) is 23.7 Å². The molecule has 6 rings (SSSR count). The predicted octanol–water partition coefficient (Wildman–Crippen LogP) is 4.79. The normalized spacial score (nSPS) is 19.9. The van der Waals surface area contributed by atoms with Crippen LogP contribution in [0.25, 0.3) is 22.3 Å². The van der Waals surface area contributed by atoms with E-state index in [9.17, 15) is 8.78 Å². The number of pyridine rings is 3. The van der Waals surface area contributed by atoms with Gasteiger partial charge >= 0.3 is 0 Å². The molecule has 2 fully saturated rings. The molecule has 4 aromatic heterocycles. The van der Waals surface area contributed by atoms with Crippen molar-refractivity contribution in [2.45, 2.75) is 38.1 Å². The first-order valence-electron chi connectivity index (χ1n) is 12.2. The number of aromatic nitrogens is 5. The van der Waals surface area contributed by atoms with Gasteiger partial charge in [-0.3, -0.25) is 4.98 Å². The van der Waals surface area contributed by atoms with Gasteiger partial charge in [0.2, 0.25) is 5.95 Å². The second-order valence-electron chi connectivity index (χ2n) is 9.53. The molecule has 184 valence electrons. The van der Waals surface area contributed by atoms with Crippen LogP contribution in [0.3, 0.4) is 0 Å². The van der Waals surface area contributed by atoms with E-state index in [1.54, 1.807) is 24.5 Å². The van der Waals surface area contributed by atoms with Gasteiger partial charge in [-0.15, -0.1) is 0 Å². The van der Waals surface area contributed by atoms with E-state index in [2.05, 4.69) is 37.8 Å². The molecule has 0 spiro atoms. The third-order valence-electron chi connectivity index (χ3n) is 6.84. The number of rotatable bonds is 6. The van der Waals surface area contributed by atoms with Crippen molar-refractivity contribution in [1.29, 1.82) is 0 Å². The number of halogens is 2. The van der Waals surface area contributed by atoms with E-state index in [1.165, 1.54) is 5.56 Å². The smallest absolute Gasteiger partial charge is 0.214 e. The molecule has 3 N–H and O–H groups in total. The van der Waals surface area contributed by atoms with Gasteiger partial charge in [-0.05, 0) is 74.0 Å². The van der Waals surface area contributed by atoms with Crippen molar-refractivity contribution in [1.82, 2.24) is 30.2 Å². The van der Waals surface area contributed by atoms with Crippen LogP contribution in [0.2, 0.25) is 0 Å². The Bertz CT molecular complexity index is 1420. The van der Waals surface area contributed by atoms with E-state index in [1.807, 2.05) is 6.20 Å². The monoisotopic (exact) mass is 488 g/mol. The maximum absolute atomic E-state index is 14.1. The fraction of sp³-hybridized carbons (Fsp3) is 0.346. The lowest BCUT2D eigenvalue weighted by Gasteiger charge is -2.31. The Morgan fingerprint density at radius 1 is 1.00 bits per heavy atom. The molecule has 0 radical (unpaired) electrons. The minimum Gasteiger partial charge on any atom is -0.366 e. The molecule has 1 saturated heterocycles. The molecule has 2 atom stereocenters. The fourth-order valence-electron chi connectivity index (χ4n) is 4.72. The lowest BCUT2D eigenvalue weighted by atomic mass is 9.95. The summed E-state index contributed by atoms with van der Waals surface area (Å²) in [6, 6.07) is 5.76. The van der Waals surface area contributed by atoms with Crippen LogP contribution >= 0.6 is 0 Å². The van der Waals surface area contributed by atoms with Crippen LogP contribution in [0.4, 0.5) is 26.2 Å². The summed E-state index contributed by atoms with van der Waals surface area (Å²) in [5, 5.41) is 10.9. The number of fused-ring (bicyclic) bond motifs is 1. The largest absolute Gasteiger partial charge is 0.366 e. The van der Waals surface area contributed by atoms with Crippen LogP contribution in [0.1, 0.15) is 37.7 Å². The van der Waals surface area contributed by atoms with E-state index in [0.717, 1.165) is 61.2 Å². The number of nitrogens with zero attached hydrogens (tertiary/aromatic N) is 5. The summed E-state index contributed by atoms with van der Waals surface area (Å²) in [4.78, 5) is 22.1. The molecule has 1 aliphatic carbocycles. The zero-order chi connectivity index (χ0) is 24.6. The third kappa shape index (κ3) is 4.56. The van der Waals surface area contributed by atoms with Gasteiger partial charge in [-0.2, -0.15) is 9.37 Å². The Morgan fingerprint density at radius 3 is 2.72 bits per heavy atom. The van der Waals surface area contributed by atoms with E-state index in [0.29, 0.717) is 29.0 Å². The second-order valence-corrected chi connectivity index (χ2v) is 9.53. The van der Waals surface area contributed by atoms with Crippen molar-refractivity contribution in [3.8, 4) is 11.4 Å². The molecular formula is C26H26F2N8. The van der Waals surface area contributed by atoms with Gasteiger partial charge < -0.3 is 16.0 Å². The number of piperidine rings is 1. The number of hydrogen-bond acceptors (Lipinski definition) is 8. The van der Waals surface area contributed by atoms with E-state index < -0.39 is 11.8 Å². The summed E-state index contributed by atoms with van der Waals surface area (Å²) in [5.41, 5.74) is 2.65. The van der Waals surface area contributed by atoms with Crippen LogP contribution in [-0.4, -0.2) is 44.1 Å². The van der Waals surface area contributed by atoms with E-state index in [4.69, 9.17) is 9.97 Å². The van der Waals surface area contributed by atoms with Crippen molar-refractivity contribution >= 4 is 28.4 Å². The Morgan fingerprint density at radius 2 is 1.89 bits per heavy atom. The highest BCUT2D eigenvalue weighted by atomic mass is 19.1. The van der Waals surface area contributed by atoms with E-state index in [-0.39, 0.29) is 11.9 Å². The predicted molar refractivity (Wildman–Crippen MR) is 134 cm³/mol. The van der Waals surface area contributed by atoms with E-state index >= 15 is 0 Å². The van der Waals surface area contributed by atoms with Crippen LogP contribution in [0.15, 0.2) is 42.9 Å². The molecule has 10 heteroatoms. The quantitative estimate of drug-likeness (QED) is 0.333. The van der Waals surface area contributed by atoms with Crippen molar-refractivity contribution in [3.05, 3.63) is 60.2 Å². The molecule has 0 amide bonds.